The molecule has 1 aromatic heterocycles. The van der Waals surface area contributed by atoms with Crippen LogP contribution in [-0.2, 0) is 6.54 Å². The van der Waals surface area contributed by atoms with Crippen molar-refractivity contribution in [2.45, 2.75) is 40.3 Å². The van der Waals surface area contributed by atoms with Crippen LogP contribution < -0.4 is 5.32 Å². The molecule has 1 atom stereocenters. The monoisotopic (exact) mass is 242 g/mol. The standard InChI is InChI=1S/C11H22N4S/c1-6-12-11-14-13-10(16-11)7-15(5)9(4)8(2)3/h8-9H,6-7H2,1-5H3,(H,12,14). The third-order valence-corrected chi connectivity index (χ3v) is 3.71. The molecule has 0 saturated heterocycles. The lowest BCUT2D eigenvalue weighted by atomic mass is 10.1. The van der Waals surface area contributed by atoms with E-state index in [0.717, 1.165) is 23.2 Å². The Balaban J connectivity index is 2.52. The van der Waals surface area contributed by atoms with Gasteiger partial charge in [-0.2, -0.15) is 0 Å². The number of hydrogen-bond donors (Lipinski definition) is 1. The van der Waals surface area contributed by atoms with Crippen LogP contribution in [0.2, 0.25) is 0 Å². The van der Waals surface area contributed by atoms with Gasteiger partial charge in [-0.3, -0.25) is 4.90 Å². The molecule has 1 aromatic rings. The number of anilines is 1. The normalized spacial score (nSPS) is 13.4. The van der Waals surface area contributed by atoms with Crippen LogP contribution in [0.1, 0.15) is 32.7 Å². The highest BCUT2D eigenvalue weighted by Gasteiger charge is 2.15. The average Bonchev–Trinajstić information content (AvgIpc) is 2.65. The number of aromatic nitrogens is 2. The van der Waals surface area contributed by atoms with E-state index in [-0.39, 0.29) is 0 Å². The molecule has 16 heavy (non-hydrogen) atoms. The minimum absolute atomic E-state index is 0.562. The Kier molecular flexibility index (Phi) is 5.15. The molecular formula is C11H22N4S. The van der Waals surface area contributed by atoms with Gasteiger partial charge in [0.1, 0.15) is 5.01 Å². The van der Waals surface area contributed by atoms with Crippen molar-refractivity contribution < 1.29 is 0 Å². The van der Waals surface area contributed by atoms with Crippen molar-refractivity contribution in [1.29, 1.82) is 0 Å². The van der Waals surface area contributed by atoms with E-state index >= 15 is 0 Å². The second-order valence-electron chi connectivity index (χ2n) is 4.43. The Hall–Kier alpha value is -0.680. The molecule has 5 heteroatoms. The molecule has 0 saturated carbocycles. The molecule has 1 N–H and O–H groups in total. The predicted octanol–water partition coefficient (Wildman–Crippen LogP) is 2.45. The second-order valence-corrected chi connectivity index (χ2v) is 5.49. The summed E-state index contributed by atoms with van der Waals surface area (Å²) in [6, 6.07) is 0.562. The first-order valence-corrected chi connectivity index (χ1v) is 6.62. The zero-order valence-electron chi connectivity index (χ0n) is 10.8. The Bertz CT molecular complexity index is 311. The summed E-state index contributed by atoms with van der Waals surface area (Å²) in [6.07, 6.45) is 0. The van der Waals surface area contributed by atoms with Gasteiger partial charge in [0.05, 0.1) is 6.54 Å². The Morgan fingerprint density at radius 3 is 2.56 bits per heavy atom. The van der Waals surface area contributed by atoms with E-state index in [1.54, 1.807) is 11.3 Å². The van der Waals surface area contributed by atoms with Crippen molar-refractivity contribution in [2.24, 2.45) is 5.92 Å². The maximum absolute atomic E-state index is 4.18. The van der Waals surface area contributed by atoms with E-state index in [2.05, 4.69) is 55.2 Å². The summed E-state index contributed by atoms with van der Waals surface area (Å²) < 4.78 is 0. The lowest BCUT2D eigenvalue weighted by Crippen LogP contribution is -2.32. The van der Waals surface area contributed by atoms with Crippen LogP contribution >= 0.6 is 11.3 Å². The fourth-order valence-electron chi connectivity index (χ4n) is 1.41. The zero-order valence-corrected chi connectivity index (χ0v) is 11.6. The van der Waals surface area contributed by atoms with E-state index in [1.165, 1.54) is 0 Å². The Morgan fingerprint density at radius 1 is 1.31 bits per heavy atom. The van der Waals surface area contributed by atoms with Gasteiger partial charge in [-0.05, 0) is 26.8 Å². The fraction of sp³-hybridized carbons (Fsp3) is 0.818. The molecule has 0 spiro atoms. The first kappa shape index (κ1) is 13.4. The minimum Gasteiger partial charge on any atom is -0.360 e. The highest BCUT2D eigenvalue weighted by Crippen LogP contribution is 2.18. The molecule has 1 rings (SSSR count). The number of hydrogen-bond acceptors (Lipinski definition) is 5. The van der Waals surface area contributed by atoms with Crippen molar-refractivity contribution in [3.8, 4) is 0 Å². The van der Waals surface area contributed by atoms with Crippen LogP contribution in [0.5, 0.6) is 0 Å². The van der Waals surface area contributed by atoms with E-state index in [9.17, 15) is 0 Å². The summed E-state index contributed by atoms with van der Waals surface area (Å²) in [5.74, 6) is 0.658. The van der Waals surface area contributed by atoms with Gasteiger partial charge in [0.15, 0.2) is 0 Å². The van der Waals surface area contributed by atoms with Crippen LogP contribution in [-0.4, -0.2) is 34.7 Å². The van der Waals surface area contributed by atoms with Crippen molar-refractivity contribution in [2.75, 3.05) is 18.9 Å². The molecule has 0 aliphatic rings. The third-order valence-electron chi connectivity index (χ3n) is 2.84. The largest absolute Gasteiger partial charge is 0.360 e. The highest BCUT2D eigenvalue weighted by atomic mass is 32.1. The van der Waals surface area contributed by atoms with Gasteiger partial charge in [-0.15, -0.1) is 10.2 Å². The van der Waals surface area contributed by atoms with E-state index < -0.39 is 0 Å². The fourth-order valence-corrected chi connectivity index (χ4v) is 2.28. The number of rotatable bonds is 6. The highest BCUT2D eigenvalue weighted by molar-refractivity contribution is 7.15. The summed E-state index contributed by atoms with van der Waals surface area (Å²) in [5.41, 5.74) is 0. The number of nitrogens with zero attached hydrogens (tertiary/aromatic N) is 3. The van der Waals surface area contributed by atoms with Gasteiger partial charge in [-0.1, -0.05) is 25.2 Å². The topological polar surface area (TPSA) is 41.1 Å². The zero-order chi connectivity index (χ0) is 12.1. The van der Waals surface area contributed by atoms with Gasteiger partial charge in [0.25, 0.3) is 0 Å². The third kappa shape index (κ3) is 3.72. The van der Waals surface area contributed by atoms with Crippen LogP contribution in [0.3, 0.4) is 0 Å². The van der Waals surface area contributed by atoms with Crippen molar-refractivity contribution >= 4 is 16.5 Å². The molecule has 0 aliphatic carbocycles. The van der Waals surface area contributed by atoms with Crippen molar-refractivity contribution in [1.82, 2.24) is 15.1 Å². The van der Waals surface area contributed by atoms with Crippen LogP contribution in [0.15, 0.2) is 0 Å². The van der Waals surface area contributed by atoms with Gasteiger partial charge >= 0.3 is 0 Å². The smallest absolute Gasteiger partial charge is 0.205 e. The van der Waals surface area contributed by atoms with E-state index in [1.807, 2.05) is 0 Å². The van der Waals surface area contributed by atoms with Crippen LogP contribution in [0.4, 0.5) is 5.13 Å². The molecule has 0 fully saturated rings. The molecule has 0 aliphatic heterocycles. The van der Waals surface area contributed by atoms with Gasteiger partial charge < -0.3 is 5.32 Å². The van der Waals surface area contributed by atoms with E-state index in [4.69, 9.17) is 0 Å². The average molecular weight is 242 g/mol. The van der Waals surface area contributed by atoms with Crippen LogP contribution in [0.25, 0.3) is 0 Å². The molecule has 92 valence electrons. The lowest BCUT2D eigenvalue weighted by Gasteiger charge is -2.26. The van der Waals surface area contributed by atoms with Gasteiger partial charge in [0, 0.05) is 12.6 Å². The molecule has 1 unspecified atom stereocenters. The maximum atomic E-state index is 4.18. The number of nitrogens with one attached hydrogen (secondary N) is 1. The summed E-state index contributed by atoms with van der Waals surface area (Å²) in [4.78, 5) is 2.32. The molecule has 4 nitrogen and oxygen atoms in total. The first-order chi connectivity index (χ1) is 7.54. The maximum Gasteiger partial charge on any atom is 0.205 e. The van der Waals surface area contributed by atoms with Crippen molar-refractivity contribution in [3.63, 3.8) is 0 Å². The summed E-state index contributed by atoms with van der Waals surface area (Å²) in [7, 11) is 2.14. The molecule has 1 heterocycles. The summed E-state index contributed by atoms with van der Waals surface area (Å²) >= 11 is 1.64. The SMILES string of the molecule is CCNc1nnc(CN(C)C(C)C(C)C)s1. The van der Waals surface area contributed by atoms with Gasteiger partial charge in [-0.25, -0.2) is 0 Å². The Morgan fingerprint density at radius 2 is 2.00 bits per heavy atom. The molecular weight excluding hydrogens is 220 g/mol. The van der Waals surface area contributed by atoms with Crippen molar-refractivity contribution in [3.05, 3.63) is 5.01 Å². The van der Waals surface area contributed by atoms with Gasteiger partial charge in [0.2, 0.25) is 5.13 Å². The summed E-state index contributed by atoms with van der Waals surface area (Å²) in [6.45, 7) is 10.6. The Labute approximate surface area is 102 Å². The van der Waals surface area contributed by atoms with Crippen LogP contribution in [0, 0.1) is 5.92 Å². The minimum atomic E-state index is 0.562. The first-order valence-electron chi connectivity index (χ1n) is 5.81. The lowest BCUT2D eigenvalue weighted by molar-refractivity contribution is 0.200. The molecule has 0 amide bonds. The van der Waals surface area contributed by atoms with E-state index in [0.29, 0.717) is 12.0 Å². The second kappa shape index (κ2) is 6.15. The summed E-state index contributed by atoms with van der Waals surface area (Å²) in [5, 5.41) is 13.4. The molecule has 0 aromatic carbocycles. The molecule has 0 bridgehead atoms. The predicted molar refractivity (Wildman–Crippen MR) is 69.8 cm³/mol. The quantitative estimate of drug-likeness (QED) is 0.832. The molecule has 0 radical (unpaired) electrons.